The molecule has 210 valence electrons. The summed E-state index contributed by atoms with van der Waals surface area (Å²) in [5.74, 6) is -0.298. The summed E-state index contributed by atoms with van der Waals surface area (Å²) in [6, 6.07) is 19.4. The molecule has 41 heavy (non-hydrogen) atoms. The molecule has 0 bridgehead atoms. The maximum absolute atomic E-state index is 15.8. The number of aromatic nitrogens is 2. The molecule has 0 saturated heterocycles. The number of pyridine rings is 1. The average molecular weight is 575 g/mol. The minimum atomic E-state index is -4.02. The van der Waals surface area contributed by atoms with Crippen LogP contribution in [0.5, 0.6) is 17.2 Å². The fraction of sp³-hybridized carbons (Fsp3) is 0.161. The minimum absolute atomic E-state index is 0.0761. The number of carbonyl (C=O) groups excluding carboxylic acids is 1. The number of nitrogens with zero attached hydrogens (tertiary/aromatic N) is 2. The lowest BCUT2D eigenvalue weighted by molar-refractivity contribution is 0.101. The molecule has 0 fully saturated rings. The fourth-order valence-electron chi connectivity index (χ4n) is 4.34. The van der Waals surface area contributed by atoms with Crippen molar-refractivity contribution in [2.24, 2.45) is 0 Å². The number of hydrogen-bond donors (Lipinski definition) is 0. The Hall–Kier alpha value is -4.54. The van der Waals surface area contributed by atoms with E-state index in [4.69, 9.17) is 14.2 Å². The Kier molecular flexibility index (Phi) is 7.87. The van der Waals surface area contributed by atoms with Gasteiger partial charge in [-0.25, -0.2) is 16.8 Å². The molecular formula is C31H27FN2O6S. The van der Waals surface area contributed by atoms with Crippen LogP contribution < -0.4 is 9.47 Å². The first kappa shape index (κ1) is 28.0. The van der Waals surface area contributed by atoms with Gasteiger partial charge >= 0.3 is 0 Å². The molecule has 0 N–H and O–H groups in total. The van der Waals surface area contributed by atoms with Gasteiger partial charge in [-0.2, -0.15) is 0 Å². The molecule has 5 aromatic rings. The summed E-state index contributed by atoms with van der Waals surface area (Å²) < 4.78 is 60.9. The summed E-state index contributed by atoms with van der Waals surface area (Å²) in [6.07, 6.45) is 2.78. The zero-order valence-corrected chi connectivity index (χ0v) is 23.4. The highest BCUT2D eigenvalue weighted by atomic mass is 32.2. The van der Waals surface area contributed by atoms with Gasteiger partial charge in [0.05, 0.1) is 30.7 Å². The molecular weight excluding hydrogens is 547 g/mol. The Morgan fingerprint density at radius 2 is 1.68 bits per heavy atom. The lowest BCUT2D eigenvalue weighted by atomic mass is 10.1. The number of hydrogen-bond acceptors (Lipinski definition) is 7. The van der Waals surface area contributed by atoms with Gasteiger partial charge in [0.2, 0.25) is 0 Å². The maximum atomic E-state index is 15.8. The number of methoxy groups -OCH3 is 1. The van der Waals surface area contributed by atoms with Crippen molar-refractivity contribution in [3.8, 4) is 17.2 Å². The van der Waals surface area contributed by atoms with Gasteiger partial charge in [0.1, 0.15) is 17.2 Å². The lowest BCUT2D eigenvalue weighted by Crippen LogP contribution is -2.12. The number of benzene rings is 3. The van der Waals surface area contributed by atoms with Gasteiger partial charge in [-0.15, -0.1) is 0 Å². The second kappa shape index (κ2) is 11.5. The fourth-order valence-corrected chi connectivity index (χ4v) is 5.68. The zero-order valence-electron chi connectivity index (χ0n) is 22.6. The molecule has 5 rings (SSSR count). The van der Waals surface area contributed by atoms with Crippen molar-refractivity contribution in [2.75, 3.05) is 7.11 Å². The molecule has 8 nitrogen and oxygen atoms in total. The number of fused-ring (bicyclic) bond motifs is 1. The van der Waals surface area contributed by atoms with Crippen molar-refractivity contribution in [1.82, 2.24) is 8.96 Å². The predicted octanol–water partition coefficient (Wildman–Crippen LogP) is 6.44. The van der Waals surface area contributed by atoms with E-state index in [1.807, 2.05) is 19.1 Å². The van der Waals surface area contributed by atoms with Crippen molar-refractivity contribution in [1.29, 1.82) is 0 Å². The molecule has 0 aliphatic heterocycles. The van der Waals surface area contributed by atoms with E-state index in [0.29, 0.717) is 16.7 Å². The molecule has 0 aliphatic carbocycles. The number of Topliss-reactive ketones (excluding diaryl/α,β-unsaturated/α-hetero) is 1. The van der Waals surface area contributed by atoms with Crippen LogP contribution in [0.4, 0.5) is 4.39 Å². The van der Waals surface area contributed by atoms with Gasteiger partial charge in [-0.1, -0.05) is 29.8 Å². The number of aryl methyl sites for hydroxylation is 1. The number of ketones is 1. The van der Waals surface area contributed by atoms with Crippen molar-refractivity contribution in [3.63, 3.8) is 0 Å². The van der Waals surface area contributed by atoms with Gasteiger partial charge in [-0.05, 0) is 48.9 Å². The average Bonchev–Trinajstić information content (AvgIpc) is 3.39. The first-order valence-electron chi connectivity index (χ1n) is 12.7. The Labute approximate surface area is 237 Å². The molecule has 0 aliphatic rings. The van der Waals surface area contributed by atoms with Crippen molar-refractivity contribution < 1.29 is 31.8 Å². The molecule has 0 radical (unpaired) electrons. The first-order valence-corrected chi connectivity index (χ1v) is 14.1. The quantitative estimate of drug-likeness (QED) is 0.177. The predicted molar refractivity (Wildman–Crippen MR) is 151 cm³/mol. The third-order valence-corrected chi connectivity index (χ3v) is 8.24. The Morgan fingerprint density at radius 1 is 0.951 bits per heavy atom. The molecule has 3 aromatic carbocycles. The standard InChI is InChI=1S/C31H27FN2O6S/c1-20-4-10-25(11-5-20)41(36,37)34-15-13-26-27(19-39-18-22-6-8-23(38-3)9-7-22)31(28(32)17-30(26)34)40-24-12-14-33-29(16-24)21(2)35/h4-17H,18-19H2,1-3H3. The number of ether oxygens (including phenoxy) is 3. The molecule has 0 atom stereocenters. The number of carbonyl (C=O) groups is 1. The van der Waals surface area contributed by atoms with Crippen molar-refractivity contribution in [2.45, 2.75) is 32.0 Å². The van der Waals surface area contributed by atoms with Crippen LogP contribution in [0.2, 0.25) is 0 Å². The van der Waals surface area contributed by atoms with E-state index in [1.54, 1.807) is 37.4 Å². The summed E-state index contributed by atoms with van der Waals surface area (Å²) in [6.45, 7) is 3.34. The van der Waals surface area contributed by atoms with Crippen molar-refractivity contribution >= 4 is 26.7 Å². The van der Waals surface area contributed by atoms with Gasteiger partial charge in [0.25, 0.3) is 10.0 Å². The topological polar surface area (TPSA) is 96.7 Å². The van der Waals surface area contributed by atoms with Gasteiger partial charge in [0, 0.05) is 42.4 Å². The number of rotatable bonds is 10. The highest BCUT2D eigenvalue weighted by molar-refractivity contribution is 7.90. The second-order valence-corrected chi connectivity index (χ2v) is 11.2. The highest BCUT2D eigenvalue weighted by Gasteiger charge is 2.24. The smallest absolute Gasteiger partial charge is 0.268 e. The van der Waals surface area contributed by atoms with Crippen LogP contribution in [0.1, 0.15) is 34.1 Å². The van der Waals surface area contributed by atoms with Crippen LogP contribution in [0.25, 0.3) is 10.9 Å². The summed E-state index contributed by atoms with van der Waals surface area (Å²) in [5.41, 5.74) is 2.39. The van der Waals surface area contributed by atoms with Crippen LogP contribution in [0.3, 0.4) is 0 Å². The second-order valence-electron chi connectivity index (χ2n) is 9.40. The largest absolute Gasteiger partial charge is 0.497 e. The van der Waals surface area contributed by atoms with Crippen LogP contribution in [-0.4, -0.2) is 30.3 Å². The van der Waals surface area contributed by atoms with E-state index >= 15 is 4.39 Å². The molecule has 2 aromatic heterocycles. The molecule has 10 heteroatoms. The van der Waals surface area contributed by atoms with E-state index in [2.05, 4.69) is 4.98 Å². The third kappa shape index (κ3) is 5.84. The molecule has 0 spiro atoms. The van der Waals surface area contributed by atoms with Crippen LogP contribution in [-0.2, 0) is 28.0 Å². The van der Waals surface area contributed by atoms with Crippen LogP contribution >= 0.6 is 0 Å². The maximum Gasteiger partial charge on any atom is 0.268 e. The Bertz CT molecular complexity index is 1830. The minimum Gasteiger partial charge on any atom is -0.497 e. The summed E-state index contributed by atoms with van der Waals surface area (Å²) in [7, 11) is -2.44. The van der Waals surface area contributed by atoms with Crippen molar-refractivity contribution in [3.05, 3.63) is 113 Å². The van der Waals surface area contributed by atoms with E-state index < -0.39 is 15.8 Å². The SMILES string of the molecule is COc1ccc(COCc2c(Oc3ccnc(C(C)=O)c3)c(F)cc3c2ccn3S(=O)(=O)c2ccc(C)cc2)cc1. The number of halogens is 1. The normalized spacial score (nSPS) is 11.5. The monoisotopic (exact) mass is 574 g/mol. The highest BCUT2D eigenvalue weighted by Crippen LogP contribution is 2.37. The van der Waals surface area contributed by atoms with Crippen LogP contribution in [0, 0.1) is 12.7 Å². The lowest BCUT2D eigenvalue weighted by Gasteiger charge is -2.16. The summed E-state index contributed by atoms with van der Waals surface area (Å²) in [4.78, 5) is 15.9. The van der Waals surface area contributed by atoms with E-state index in [9.17, 15) is 13.2 Å². The third-order valence-electron chi connectivity index (χ3n) is 6.53. The molecule has 2 heterocycles. The zero-order chi connectivity index (χ0) is 29.1. The molecule has 0 amide bonds. The first-order chi connectivity index (χ1) is 19.7. The van der Waals surface area contributed by atoms with Gasteiger partial charge in [0.15, 0.2) is 17.3 Å². The van der Waals surface area contributed by atoms with E-state index in [1.165, 1.54) is 43.6 Å². The van der Waals surface area contributed by atoms with Crippen LogP contribution in [0.15, 0.2) is 90.1 Å². The Morgan fingerprint density at radius 3 is 2.37 bits per heavy atom. The van der Waals surface area contributed by atoms with E-state index in [-0.39, 0.29) is 46.6 Å². The summed E-state index contributed by atoms with van der Waals surface area (Å²) in [5, 5.41) is 0.438. The van der Waals surface area contributed by atoms with Gasteiger partial charge in [-0.3, -0.25) is 9.78 Å². The molecule has 0 saturated carbocycles. The van der Waals surface area contributed by atoms with Gasteiger partial charge < -0.3 is 14.2 Å². The Balaban J connectivity index is 1.57. The molecule has 0 unspecified atom stereocenters. The summed E-state index contributed by atoms with van der Waals surface area (Å²) >= 11 is 0. The van der Waals surface area contributed by atoms with E-state index in [0.717, 1.165) is 21.2 Å².